The van der Waals surface area contributed by atoms with Gasteiger partial charge in [-0.3, -0.25) is 0 Å². The number of aromatic nitrogens is 3. The Labute approximate surface area is 173 Å². The molecule has 0 bridgehead atoms. The molecule has 0 saturated carbocycles. The molecule has 0 saturated heterocycles. The van der Waals surface area contributed by atoms with Crippen molar-refractivity contribution in [1.82, 2.24) is 14.6 Å². The van der Waals surface area contributed by atoms with Crippen molar-refractivity contribution in [3.8, 4) is 11.3 Å². The molecule has 4 rings (SSSR count). The van der Waals surface area contributed by atoms with Crippen molar-refractivity contribution in [2.75, 3.05) is 12.0 Å². The highest BCUT2D eigenvalue weighted by Crippen LogP contribution is 2.34. The third-order valence-electron chi connectivity index (χ3n) is 4.13. The van der Waals surface area contributed by atoms with E-state index < -0.39 is 9.84 Å². The van der Waals surface area contributed by atoms with Crippen molar-refractivity contribution in [1.29, 1.82) is 0 Å². The smallest absolute Gasteiger partial charge is 0.213 e. The van der Waals surface area contributed by atoms with Gasteiger partial charge in [-0.2, -0.15) is 9.61 Å². The molecule has 4 aromatic rings. The van der Waals surface area contributed by atoms with Gasteiger partial charge >= 0.3 is 0 Å². The molecule has 2 N–H and O–H groups in total. The number of hydrogen-bond donors (Lipinski definition) is 1. The topological polar surface area (TPSA) is 90.3 Å². The molecule has 144 valence electrons. The zero-order valence-electron chi connectivity index (χ0n) is 14.8. The molecule has 0 atom stereocenters. The Balaban J connectivity index is 0.00000225. The Morgan fingerprint density at radius 2 is 1.61 bits per heavy atom. The average molecular weight is 433 g/mol. The second kappa shape index (κ2) is 7.83. The number of anilines is 1. The quantitative estimate of drug-likeness (QED) is 0.491. The van der Waals surface area contributed by atoms with Gasteiger partial charge in [-0.25, -0.2) is 13.4 Å². The van der Waals surface area contributed by atoms with E-state index in [2.05, 4.69) is 10.1 Å². The molecule has 0 spiro atoms. The summed E-state index contributed by atoms with van der Waals surface area (Å²) in [7, 11) is -3.80. The molecule has 2 aromatic carbocycles. The summed E-state index contributed by atoms with van der Waals surface area (Å²) in [4.78, 5) is 4.86. The van der Waals surface area contributed by atoms with Gasteiger partial charge in [0.1, 0.15) is 10.8 Å². The number of nitrogens with zero attached hydrogens (tertiary/aromatic N) is 3. The first-order valence-corrected chi connectivity index (χ1v) is 10.8. The van der Waals surface area contributed by atoms with E-state index in [9.17, 15) is 8.42 Å². The molecular formula is C19H17ClN4O2S2. The summed E-state index contributed by atoms with van der Waals surface area (Å²) in [5.41, 5.74) is 7.84. The zero-order valence-corrected chi connectivity index (χ0v) is 17.3. The minimum atomic E-state index is -3.80. The Kier molecular flexibility index (Phi) is 5.64. The molecule has 0 amide bonds. The third-order valence-corrected chi connectivity index (χ3v) is 6.74. The monoisotopic (exact) mass is 432 g/mol. The van der Waals surface area contributed by atoms with Crippen molar-refractivity contribution >= 4 is 45.5 Å². The lowest BCUT2D eigenvalue weighted by atomic mass is 10.1. The Morgan fingerprint density at radius 1 is 1.00 bits per heavy atom. The Hall–Kier alpha value is -2.55. The van der Waals surface area contributed by atoms with Gasteiger partial charge in [0, 0.05) is 11.6 Å². The highest BCUT2D eigenvalue weighted by atomic mass is 35.5. The maximum Gasteiger partial charge on any atom is 0.213 e. The first kappa shape index (κ1) is 20.2. The lowest BCUT2D eigenvalue weighted by Gasteiger charge is -2.07. The molecule has 9 heteroatoms. The number of nitrogens with two attached hydrogens (primary N) is 1. The van der Waals surface area contributed by atoms with Gasteiger partial charge in [-0.15, -0.1) is 24.2 Å². The normalized spacial score (nSPS) is 11.3. The maximum atomic E-state index is 13.3. The predicted octanol–water partition coefficient (Wildman–Crippen LogP) is 3.96. The number of thioether (sulfide) groups is 1. The summed E-state index contributed by atoms with van der Waals surface area (Å²) < 4.78 is 28.0. The molecule has 0 fully saturated rings. The van der Waals surface area contributed by atoms with Crippen LogP contribution in [0.3, 0.4) is 0 Å². The van der Waals surface area contributed by atoms with Crippen LogP contribution in [-0.2, 0) is 9.84 Å². The van der Waals surface area contributed by atoms with E-state index in [-0.39, 0.29) is 27.8 Å². The van der Waals surface area contributed by atoms with Gasteiger partial charge in [0.05, 0.1) is 10.6 Å². The molecule has 0 radical (unpaired) electrons. The van der Waals surface area contributed by atoms with E-state index in [1.54, 1.807) is 42.7 Å². The SMILES string of the molecule is CSc1nn2c(N)cc(-c3ccccc3)nc2c1S(=O)(=O)c1ccccc1.Cl. The lowest BCUT2D eigenvalue weighted by molar-refractivity contribution is 0.594. The van der Waals surface area contributed by atoms with Crippen LogP contribution in [0.2, 0.25) is 0 Å². The summed E-state index contributed by atoms with van der Waals surface area (Å²) in [6, 6.07) is 19.5. The number of sulfone groups is 1. The van der Waals surface area contributed by atoms with Crippen molar-refractivity contribution in [2.45, 2.75) is 14.8 Å². The van der Waals surface area contributed by atoms with Crippen LogP contribution in [0.15, 0.2) is 81.5 Å². The highest BCUT2D eigenvalue weighted by Gasteiger charge is 2.29. The largest absolute Gasteiger partial charge is 0.384 e. The van der Waals surface area contributed by atoms with E-state index in [1.165, 1.54) is 16.3 Å². The molecule has 28 heavy (non-hydrogen) atoms. The summed E-state index contributed by atoms with van der Waals surface area (Å²) >= 11 is 1.25. The fourth-order valence-electron chi connectivity index (χ4n) is 2.84. The molecule has 2 aromatic heterocycles. The number of rotatable bonds is 4. The van der Waals surface area contributed by atoms with Crippen LogP contribution in [0.25, 0.3) is 16.9 Å². The molecule has 6 nitrogen and oxygen atoms in total. The van der Waals surface area contributed by atoms with Gasteiger partial charge in [0.15, 0.2) is 10.5 Å². The van der Waals surface area contributed by atoms with E-state index in [0.29, 0.717) is 16.5 Å². The second-order valence-corrected chi connectivity index (χ2v) is 8.50. The van der Waals surface area contributed by atoms with Crippen LogP contribution in [0.1, 0.15) is 0 Å². The van der Waals surface area contributed by atoms with E-state index in [0.717, 1.165) is 5.56 Å². The minimum absolute atomic E-state index is 0. The van der Waals surface area contributed by atoms with Gasteiger partial charge in [-0.1, -0.05) is 48.5 Å². The molecule has 2 heterocycles. The molecular weight excluding hydrogens is 416 g/mol. The minimum Gasteiger partial charge on any atom is -0.384 e. The molecule has 0 aliphatic rings. The van der Waals surface area contributed by atoms with E-state index in [4.69, 9.17) is 5.73 Å². The third kappa shape index (κ3) is 3.34. The lowest BCUT2D eigenvalue weighted by Crippen LogP contribution is -2.05. The van der Waals surface area contributed by atoms with Crippen molar-refractivity contribution in [3.05, 3.63) is 66.7 Å². The number of benzene rings is 2. The first-order valence-electron chi connectivity index (χ1n) is 8.11. The van der Waals surface area contributed by atoms with Gasteiger partial charge in [0.25, 0.3) is 0 Å². The van der Waals surface area contributed by atoms with Crippen LogP contribution in [0.4, 0.5) is 5.82 Å². The first-order chi connectivity index (χ1) is 13.0. The van der Waals surface area contributed by atoms with Gasteiger partial charge in [-0.05, 0) is 18.4 Å². The highest BCUT2D eigenvalue weighted by molar-refractivity contribution is 7.99. The number of hydrogen-bond acceptors (Lipinski definition) is 6. The summed E-state index contributed by atoms with van der Waals surface area (Å²) in [6.07, 6.45) is 1.78. The fourth-order valence-corrected chi connectivity index (χ4v) is 5.26. The summed E-state index contributed by atoms with van der Waals surface area (Å²) in [6.45, 7) is 0. The number of halogens is 1. The van der Waals surface area contributed by atoms with Crippen LogP contribution in [0, 0.1) is 0 Å². The van der Waals surface area contributed by atoms with Crippen molar-refractivity contribution < 1.29 is 8.42 Å². The Morgan fingerprint density at radius 3 is 2.21 bits per heavy atom. The molecule has 0 unspecified atom stereocenters. The van der Waals surface area contributed by atoms with Gasteiger partial charge in [0.2, 0.25) is 9.84 Å². The number of fused-ring (bicyclic) bond motifs is 1. The number of nitrogen functional groups attached to an aromatic ring is 1. The van der Waals surface area contributed by atoms with Gasteiger partial charge < -0.3 is 5.73 Å². The van der Waals surface area contributed by atoms with Crippen LogP contribution in [-0.4, -0.2) is 29.3 Å². The van der Waals surface area contributed by atoms with E-state index >= 15 is 0 Å². The Bertz CT molecular complexity index is 1230. The summed E-state index contributed by atoms with van der Waals surface area (Å²) in [5, 5.41) is 4.73. The van der Waals surface area contributed by atoms with Crippen LogP contribution >= 0.6 is 24.2 Å². The molecule has 0 aliphatic heterocycles. The van der Waals surface area contributed by atoms with E-state index in [1.807, 2.05) is 30.3 Å². The van der Waals surface area contributed by atoms with Crippen molar-refractivity contribution in [3.63, 3.8) is 0 Å². The maximum absolute atomic E-state index is 13.3. The van der Waals surface area contributed by atoms with Crippen LogP contribution < -0.4 is 5.73 Å². The van der Waals surface area contributed by atoms with Crippen molar-refractivity contribution in [2.24, 2.45) is 0 Å². The van der Waals surface area contributed by atoms with Crippen LogP contribution in [0.5, 0.6) is 0 Å². The zero-order chi connectivity index (χ0) is 19.0. The molecule has 0 aliphatic carbocycles. The predicted molar refractivity (Wildman–Crippen MR) is 114 cm³/mol. The standard InChI is InChI=1S/C19H16N4O2S2.ClH/c1-26-19-17(27(24,25)14-10-6-3-7-11-14)18-21-15(12-16(20)23(18)22-19)13-8-4-2-5-9-13;/h2-12H,20H2,1H3;1H. The fraction of sp³-hybridized carbons (Fsp3) is 0.0526. The average Bonchev–Trinajstić information content (AvgIpc) is 3.09. The summed E-state index contributed by atoms with van der Waals surface area (Å²) in [5.74, 6) is 0.323. The second-order valence-electron chi connectivity index (χ2n) is 5.82.